The monoisotopic (exact) mass is 290 g/mol. The number of hydrogen-bond donors (Lipinski definition) is 2. The van der Waals surface area contributed by atoms with Crippen molar-refractivity contribution in [3.63, 3.8) is 0 Å². The Morgan fingerprint density at radius 3 is 2.94 bits per heavy atom. The first-order chi connectivity index (χ1) is 8.61. The van der Waals surface area contributed by atoms with Crippen LogP contribution in [-0.4, -0.2) is 48.2 Å². The lowest BCUT2D eigenvalue weighted by Gasteiger charge is -2.06. The van der Waals surface area contributed by atoms with Crippen LogP contribution in [0.25, 0.3) is 0 Å². The quantitative estimate of drug-likeness (QED) is 0.554. The second kappa shape index (κ2) is 8.28. The van der Waals surface area contributed by atoms with Crippen LogP contribution in [0, 0.1) is 0 Å². The molecule has 0 atom stereocenters. The highest BCUT2D eigenvalue weighted by molar-refractivity contribution is 8.01. The number of methoxy groups -OCH3 is 1. The van der Waals surface area contributed by atoms with Crippen molar-refractivity contribution in [1.82, 2.24) is 15.5 Å². The van der Waals surface area contributed by atoms with Gasteiger partial charge in [0.25, 0.3) is 0 Å². The number of nitrogens with one attached hydrogen (secondary N) is 2. The Labute approximate surface area is 115 Å². The van der Waals surface area contributed by atoms with Gasteiger partial charge in [-0.3, -0.25) is 4.79 Å². The van der Waals surface area contributed by atoms with Crippen LogP contribution in [0.4, 0.5) is 5.13 Å². The highest BCUT2D eigenvalue weighted by Gasteiger charge is 2.08. The van der Waals surface area contributed by atoms with E-state index in [2.05, 4.69) is 20.8 Å². The summed E-state index contributed by atoms with van der Waals surface area (Å²) in [6, 6.07) is 0.166. The first-order valence-corrected chi connectivity index (χ1v) is 7.40. The number of nitrogens with zero attached hydrogens (tertiary/aromatic N) is 2. The molecule has 2 N–H and O–H groups in total. The fourth-order valence-corrected chi connectivity index (χ4v) is 2.68. The van der Waals surface area contributed by atoms with Gasteiger partial charge in [0.2, 0.25) is 11.0 Å². The van der Waals surface area contributed by atoms with Crippen molar-refractivity contribution in [2.24, 2.45) is 0 Å². The molecule has 18 heavy (non-hydrogen) atoms. The number of rotatable bonds is 8. The molecular weight excluding hydrogens is 272 g/mol. The Balaban J connectivity index is 2.28. The van der Waals surface area contributed by atoms with Gasteiger partial charge >= 0.3 is 0 Å². The maximum Gasteiger partial charge on any atom is 0.230 e. The van der Waals surface area contributed by atoms with E-state index in [4.69, 9.17) is 4.74 Å². The van der Waals surface area contributed by atoms with Crippen molar-refractivity contribution in [1.29, 1.82) is 0 Å². The van der Waals surface area contributed by atoms with Gasteiger partial charge in [0.05, 0.1) is 12.4 Å². The summed E-state index contributed by atoms with van der Waals surface area (Å²) in [4.78, 5) is 11.4. The Kier molecular flexibility index (Phi) is 6.99. The van der Waals surface area contributed by atoms with Gasteiger partial charge in [0.15, 0.2) is 4.34 Å². The van der Waals surface area contributed by atoms with Gasteiger partial charge in [-0.15, -0.1) is 10.2 Å². The normalized spacial score (nSPS) is 10.7. The van der Waals surface area contributed by atoms with Gasteiger partial charge in [-0.25, -0.2) is 0 Å². The SMILES string of the molecule is COCCNc1nnc(SCC(=O)NC(C)C)s1. The number of anilines is 1. The third-order valence-electron chi connectivity index (χ3n) is 1.77. The van der Waals surface area contributed by atoms with Gasteiger partial charge < -0.3 is 15.4 Å². The minimum Gasteiger partial charge on any atom is -0.383 e. The summed E-state index contributed by atoms with van der Waals surface area (Å²) in [5.41, 5.74) is 0. The van der Waals surface area contributed by atoms with E-state index < -0.39 is 0 Å². The molecule has 0 radical (unpaired) electrons. The molecule has 1 aromatic rings. The molecule has 0 saturated heterocycles. The van der Waals surface area contributed by atoms with E-state index in [0.29, 0.717) is 18.9 Å². The first-order valence-electron chi connectivity index (χ1n) is 5.60. The highest BCUT2D eigenvalue weighted by Crippen LogP contribution is 2.24. The molecule has 1 aromatic heterocycles. The van der Waals surface area contributed by atoms with Crippen molar-refractivity contribution in [2.75, 3.05) is 31.3 Å². The van der Waals surface area contributed by atoms with Crippen molar-refractivity contribution in [2.45, 2.75) is 24.2 Å². The number of carbonyl (C=O) groups is 1. The molecule has 0 bridgehead atoms. The summed E-state index contributed by atoms with van der Waals surface area (Å²) < 4.78 is 5.71. The zero-order chi connectivity index (χ0) is 13.4. The van der Waals surface area contributed by atoms with Crippen LogP contribution in [0.2, 0.25) is 0 Å². The van der Waals surface area contributed by atoms with E-state index in [1.54, 1.807) is 7.11 Å². The molecule has 1 heterocycles. The molecule has 0 aliphatic carbocycles. The Hall–Kier alpha value is -0.860. The standard InChI is InChI=1S/C10H18N4O2S2/c1-7(2)12-8(15)6-17-10-14-13-9(18-10)11-4-5-16-3/h7H,4-6H2,1-3H3,(H,11,13)(H,12,15). The lowest BCUT2D eigenvalue weighted by atomic mass is 10.4. The van der Waals surface area contributed by atoms with E-state index in [0.717, 1.165) is 9.47 Å². The molecule has 6 nitrogen and oxygen atoms in total. The number of amides is 1. The van der Waals surface area contributed by atoms with Crippen LogP contribution in [0.15, 0.2) is 4.34 Å². The summed E-state index contributed by atoms with van der Waals surface area (Å²) in [6.45, 7) is 5.19. The number of hydrogen-bond acceptors (Lipinski definition) is 7. The van der Waals surface area contributed by atoms with Crippen LogP contribution < -0.4 is 10.6 Å². The van der Waals surface area contributed by atoms with E-state index in [9.17, 15) is 4.79 Å². The lowest BCUT2D eigenvalue weighted by Crippen LogP contribution is -2.31. The van der Waals surface area contributed by atoms with Crippen LogP contribution in [-0.2, 0) is 9.53 Å². The van der Waals surface area contributed by atoms with Crippen LogP contribution in [0.5, 0.6) is 0 Å². The van der Waals surface area contributed by atoms with Crippen LogP contribution >= 0.6 is 23.1 Å². The lowest BCUT2D eigenvalue weighted by molar-refractivity contribution is -0.119. The van der Waals surface area contributed by atoms with Crippen molar-refractivity contribution in [3.8, 4) is 0 Å². The van der Waals surface area contributed by atoms with Crippen molar-refractivity contribution < 1.29 is 9.53 Å². The first kappa shape index (κ1) is 15.2. The summed E-state index contributed by atoms with van der Waals surface area (Å²) in [5.74, 6) is 0.379. The number of aromatic nitrogens is 2. The fourth-order valence-electron chi connectivity index (χ4n) is 1.09. The van der Waals surface area contributed by atoms with Gasteiger partial charge in [0.1, 0.15) is 0 Å². The molecule has 1 amide bonds. The summed E-state index contributed by atoms with van der Waals surface area (Å²) in [7, 11) is 1.65. The molecule has 102 valence electrons. The minimum atomic E-state index is 0.0130. The smallest absolute Gasteiger partial charge is 0.230 e. The molecule has 0 spiro atoms. The maximum atomic E-state index is 11.4. The number of thioether (sulfide) groups is 1. The molecular formula is C10H18N4O2S2. The molecule has 0 aliphatic heterocycles. The maximum absolute atomic E-state index is 11.4. The van der Waals surface area contributed by atoms with Crippen molar-refractivity contribution >= 4 is 34.1 Å². The average Bonchev–Trinajstić information content (AvgIpc) is 2.74. The molecule has 0 saturated carbocycles. The van der Waals surface area contributed by atoms with E-state index in [1.165, 1.54) is 23.1 Å². The van der Waals surface area contributed by atoms with Gasteiger partial charge in [0, 0.05) is 19.7 Å². The van der Waals surface area contributed by atoms with Crippen LogP contribution in [0.1, 0.15) is 13.8 Å². The van der Waals surface area contributed by atoms with Gasteiger partial charge in [-0.2, -0.15) is 0 Å². The molecule has 0 aliphatic rings. The second-order valence-corrected chi connectivity index (χ2v) is 6.00. The zero-order valence-corrected chi connectivity index (χ0v) is 12.4. The van der Waals surface area contributed by atoms with Crippen LogP contribution in [0.3, 0.4) is 0 Å². The predicted molar refractivity (Wildman–Crippen MR) is 74.3 cm³/mol. The van der Waals surface area contributed by atoms with E-state index in [-0.39, 0.29) is 11.9 Å². The Bertz CT molecular complexity index is 371. The summed E-state index contributed by atoms with van der Waals surface area (Å²) >= 11 is 2.83. The van der Waals surface area contributed by atoms with E-state index >= 15 is 0 Å². The second-order valence-electron chi connectivity index (χ2n) is 3.80. The Morgan fingerprint density at radius 1 is 1.50 bits per heavy atom. The largest absolute Gasteiger partial charge is 0.383 e. The van der Waals surface area contributed by atoms with Gasteiger partial charge in [-0.1, -0.05) is 23.1 Å². The topological polar surface area (TPSA) is 76.1 Å². The Morgan fingerprint density at radius 2 is 2.28 bits per heavy atom. The molecule has 1 rings (SSSR count). The van der Waals surface area contributed by atoms with Crippen molar-refractivity contribution in [3.05, 3.63) is 0 Å². The van der Waals surface area contributed by atoms with E-state index in [1.807, 2.05) is 13.8 Å². The van der Waals surface area contributed by atoms with Gasteiger partial charge in [-0.05, 0) is 13.8 Å². The minimum absolute atomic E-state index is 0.0130. The molecule has 0 unspecified atom stereocenters. The third-order valence-corrected chi connectivity index (χ3v) is 3.78. The number of ether oxygens (including phenoxy) is 1. The molecule has 0 aromatic carbocycles. The third kappa shape index (κ3) is 6.18. The average molecular weight is 290 g/mol. The highest BCUT2D eigenvalue weighted by atomic mass is 32.2. The molecule has 8 heteroatoms. The summed E-state index contributed by atoms with van der Waals surface area (Å²) in [5, 5.41) is 14.6. The fraction of sp³-hybridized carbons (Fsp3) is 0.700. The zero-order valence-electron chi connectivity index (χ0n) is 10.7. The number of carbonyl (C=O) groups excluding carboxylic acids is 1. The summed E-state index contributed by atoms with van der Waals surface area (Å²) in [6.07, 6.45) is 0. The molecule has 0 fully saturated rings. The predicted octanol–water partition coefficient (Wildman–Crippen LogP) is 1.21.